The number of aliphatic carboxylic acids is 2. The van der Waals surface area contributed by atoms with E-state index in [2.05, 4.69) is 10.6 Å². The number of ether oxygens (including phenoxy) is 2. The van der Waals surface area contributed by atoms with E-state index < -0.39 is 46.7 Å². The summed E-state index contributed by atoms with van der Waals surface area (Å²) in [5, 5.41) is 22.5. The lowest BCUT2D eigenvalue weighted by Gasteiger charge is -2.26. The van der Waals surface area contributed by atoms with Crippen LogP contribution in [0.5, 0.6) is 5.75 Å². The third kappa shape index (κ3) is 12.8. The highest BCUT2D eigenvalue weighted by Gasteiger charge is 2.22. The fraction of sp³-hybridized carbons (Fsp3) is 0.360. The van der Waals surface area contributed by atoms with Crippen molar-refractivity contribution in [1.82, 2.24) is 5.32 Å². The largest absolute Gasteiger partial charge is 0.481 e. The molecule has 14 nitrogen and oxygen atoms in total. The smallest absolute Gasteiger partial charge is 0.413 e. The van der Waals surface area contributed by atoms with Crippen molar-refractivity contribution in [2.24, 2.45) is 0 Å². The molecule has 0 bridgehead atoms. The lowest BCUT2D eigenvalue weighted by molar-refractivity contribution is -0.140. The lowest BCUT2D eigenvalue weighted by Crippen LogP contribution is -2.42. The van der Waals surface area contributed by atoms with Crippen LogP contribution in [0.2, 0.25) is 0 Å². The van der Waals surface area contributed by atoms with Crippen LogP contribution in [0.4, 0.5) is 21.0 Å². The highest BCUT2D eigenvalue weighted by atomic mass is 35.5. The van der Waals surface area contributed by atoms with Gasteiger partial charge in [-0.3, -0.25) is 14.3 Å². The maximum absolute atomic E-state index is 12.5. The first-order valence-corrected chi connectivity index (χ1v) is 14.4. The summed E-state index contributed by atoms with van der Waals surface area (Å²) >= 11 is 5.90. The first-order chi connectivity index (χ1) is 19.4. The third-order valence-electron chi connectivity index (χ3n) is 5.24. The topological polar surface area (TPSA) is 198 Å². The number of carbonyl (C=O) groups is 4. The number of benzene rings is 2. The van der Waals surface area contributed by atoms with E-state index in [1.54, 1.807) is 29.2 Å². The van der Waals surface area contributed by atoms with Gasteiger partial charge in [-0.2, -0.15) is 8.42 Å². The first-order valence-electron chi connectivity index (χ1n) is 12.1. The van der Waals surface area contributed by atoms with Crippen LogP contribution in [0.1, 0.15) is 18.4 Å². The molecule has 0 heterocycles. The van der Waals surface area contributed by atoms with Crippen LogP contribution < -0.4 is 20.3 Å². The fourth-order valence-electron chi connectivity index (χ4n) is 3.36. The van der Waals surface area contributed by atoms with E-state index in [0.29, 0.717) is 23.5 Å². The van der Waals surface area contributed by atoms with Gasteiger partial charge in [-0.15, -0.1) is 11.6 Å². The molecule has 2 rings (SSSR count). The predicted molar refractivity (Wildman–Crippen MR) is 148 cm³/mol. The summed E-state index contributed by atoms with van der Waals surface area (Å²) in [5.41, 5.74) is 1.53. The molecule has 0 spiro atoms. The number of halogens is 1. The van der Waals surface area contributed by atoms with Crippen molar-refractivity contribution in [2.45, 2.75) is 25.5 Å². The van der Waals surface area contributed by atoms with Gasteiger partial charge in [-0.1, -0.05) is 24.3 Å². The number of alkyl halides is 1. The minimum atomic E-state index is -3.62. The lowest BCUT2D eigenvalue weighted by atomic mass is 10.1. The highest BCUT2D eigenvalue weighted by molar-refractivity contribution is 7.85. The molecule has 0 aliphatic carbocycles. The number of amides is 2. The molecule has 2 aromatic carbocycles. The van der Waals surface area contributed by atoms with Gasteiger partial charge in [0.15, 0.2) is 0 Å². The van der Waals surface area contributed by atoms with Crippen molar-refractivity contribution in [3.8, 4) is 5.75 Å². The molecule has 41 heavy (non-hydrogen) atoms. The van der Waals surface area contributed by atoms with Gasteiger partial charge in [-0.25, -0.2) is 14.4 Å². The molecule has 0 unspecified atom stereocenters. The summed E-state index contributed by atoms with van der Waals surface area (Å²) in [5.74, 6) is -2.29. The van der Waals surface area contributed by atoms with Gasteiger partial charge < -0.3 is 29.9 Å². The van der Waals surface area contributed by atoms with Crippen LogP contribution in [0.25, 0.3) is 0 Å². The second kappa shape index (κ2) is 16.2. The maximum Gasteiger partial charge on any atom is 0.413 e. The summed E-state index contributed by atoms with van der Waals surface area (Å²) in [6.07, 6.45) is -1.65. The summed E-state index contributed by atoms with van der Waals surface area (Å²) in [7, 11) is -3.62. The summed E-state index contributed by atoms with van der Waals surface area (Å²) in [6, 6.07) is 11.2. The number of carboxylic acids is 2. The number of anilines is 2. The van der Waals surface area contributed by atoms with Crippen molar-refractivity contribution in [2.75, 3.05) is 42.0 Å². The van der Waals surface area contributed by atoms with Crippen LogP contribution >= 0.6 is 11.6 Å². The van der Waals surface area contributed by atoms with Crippen LogP contribution in [0.3, 0.4) is 0 Å². The number of nitrogens with one attached hydrogen (secondary N) is 2. The van der Waals surface area contributed by atoms with E-state index in [4.69, 9.17) is 35.5 Å². The monoisotopic (exact) mass is 615 g/mol. The number of hydrogen-bond acceptors (Lipinski definition) is 10. The Kier molecular flexibility index (Phi) is 13.1. The van der Waals surface area contributed by atoms with Gasteiger partial charge in [0.05, 0.1) is 24.2 Å². The second-order valence-electron chi connectivity index (χ2n) is 8.42. The molecule has 0 fully saturated rings. The van der Waals surface area contributed by atoms with Crippen molar-refractivity contribution < 1.29 is 51.5 Å². The Balaban J connectivity index is 1.92. The molecule has 2 amide bonds. The zero-order valence-electron chi connectivity index (χ0n) is 21.9. The maximum atomic E-state index is 12.5. The quantitative estimate of drug-likeness (QED) is 0.159. The Hall–Kier alpha value is -4.08. The van der Waals surface area contributed by atoms with Gasteiger partial charge in [0.1, 0.15) is 18.4 Å². The number of hydrogen-bond donors (Lipinski definition) is 4. The molecule has 0 aromatic heterocycles. The Morgan fingerprint density at radius 1 is 1.00 bits per heavy atom. The molecule has 16 heteroatoms. The molecule has 0 saturated carbocycles. The Bertz CT molecular complexity index is 1310. The molecule has 0 radical (unpaired) electrons. The van der Waals surface area contributed by atoms with Crippen LogP contribution in [-0.2, 0) is 35.2 Å². The highest BCUT2D eigenvalue weighted by Crippen LogP contribution is 2.26. The molecule has 4 N–H and O–H groups in total. The molecule has 2 aromatic rings. The number of nitrogens with zero attached hydrogens (tertiary/aromatic N) is 1. The summed E-state index contributed by atoms with van der Waals surface area (Å²) in [4.78, 5) is 48.1. The second-order valence-corrected chi connectivity index (χ2v) is 10.4. The number of para-hydroxylation sites is 2. The van der Waals surface area contributed by atoms with E-state index in [0.717, 1.165) is 6.26 Å². The van der Waals surface area contributed by atoms with Crippen LogP contribution in [0, 0.1) is 0 Å². The predicted octanol–water partition coefficient (Wildman–Crippen LogP) is 2.86. The van der Waals surface area contributed by atoms with Crippen molar-refractivity contribution in [3.63, 3.8) is 0 Å². The minimum absolute atomic E-state index is 0.0752. The SMILES string of the molecule is CS(=O)(=O)OCCN(CCCl)c1ccccc1NC(=O)OCc1ccc(OC(=O)N[C@@H](CCC(=O)O)C(=O)O)cc1. The zero-order valence-corrected chi connectivity index (χ0v) is 23.5. The summed E-state index contributed by atoms with van der Waals surface area (Å²) < 4.78 is 37.7. The van der Waals surface area contributed by atoms with Crippen molar-refractivity contribution in [3.05, 3.63) is 54.1 Å². The van der Waals surface area contributed by atoms with E-state index in [1.807, 2.05) is 0 Å². The molecular formula is C25H30ClN3O11S. The van der Waals surface area contributed by atoms with Gasteiger partial charge in [0, 0.05) is 25.4 Å². The zero-order chi connectivity index (χ0) is 30.4. The minimum Gasteiger partial charge on any atom is -0.481 e. The Morgan fingerprint density at radius 3 is 2.29 bits per heavy atom. The van der Waals surface area contributed by atoms with E-state index in [1.165, 1.54) is 24.3 Å². The molecule has 0 saturated heterocycles. The number of carboxylic acid groups (broad SMARTS) is 2. The molecule has 0 aliphatic heterocycles. The van der Waals surface area contributed by atoms with Gasteiger partial charge in [0.25, 0.3) is 10.1 Å². The number of rotatable bonds is 16. The average Bonchev–Trinajstić information content (AvgIpc) is 2.89. The van der Waals surface area contributed by atoms with Crippen LogP contribution in [-0.4, -0.2) is 80.6 Å². The van der Waals surface area contributed by atoms with Crippen LogP contribution in [0.15, 0.2) is 48.5 Å². The van der Waals surface area contributed by atoms with Gasteiger partial charge >= 0.3 is 24.1 Å². The number of carbonyl (C=O) groups excluding carboxylic acids is 2. The fourth-order valence-corrected chi connectivity index (χ4v) is 3.94. The Labute approximate surface area is 241 Å². The molecule has 0 aliphatic rings. The summed E-state index contributed by atoms with van der Waals surface area (Å²) in [6.45, 7) is 0.304. The van der Waals surface area contributed by atoms with Gasteiger partial charge in [-0.05, 0) is 36.2 Å². The standard InChI is InChI=1S/C25H30ClN3O11S/c1-41(36,37)39-15-14-29(13-12-26)21-5-3-2-4-19(21)27-24(34)38-16-17-6-8-18(9-7-17)40-25(35)28-20(23(32)33)10-11-22(30)31/h2-9,20H,10-16H2,1H3,(H,27,34)(H,28,35)(H,30,31)(H,32,33)/t20-/m0/s1. The van der Waals surface area contributed by atoms with Gasteiger partial charge in [0.2, 0.25) is 0 Å². The third-order valence-corrected chi connectivity index (χ3v) is 6.00. The molecule has 224 valence electrons. The van der Waals surface area contributed by atoms with E-state index in [9.17, 15) is 27.6 Å². The molecule has 1 atom stereocenters. The normalized spacial score (nSPS) is 11.7. The van der Waals surface area contributed by atoms with Crippen molar-refractivity contribution >= 4 is 57.2 Å². The average molecular weight is 616 g/mol. The Morgan fingerprint density at radius 2 is 1.68 bits per heavy atom. The van der Waals surface area contributed by atoms with E-state index in [-0.39, 0.29) is 37.8 Å². The van der Waals surface area contributed by atoms with Crippen molar-refractivity contribution in [1.29, 1.82) is 0 Å². The first kappa shape index (κ1) is 33.1. The van der Waals surface area contributed by atoms with E-state index >= 15 is 0 Å². The molecular weight excluding hydrogens is 586 g/mol.